The number of fused-ring (bicyclic) bond motifs is 2. The van der Waals surface area contributed by atoms with Crippen molar-refractivity contribution in [2.75, 3.05) is 0 Å². The molecule has 1 aromatic heterocycles. The minimum atomic E-state index is -0.552. The molecule has 1 heterocycles. The molecular weight excluding hydrogens is 296 g/mol. The zero-order valence-corrected chi connectivity index (χ0v) is 13.9. The summed E-state index contributed by atoms with van der Waals surface area (Å²) in [4.78, 5) is 22.9. The third kappa shape index (κ3) is 2.96. The molecule has 23 heavy (non-hydrogen) atoms. The van der Waals surface area contributed by atoms with E-state index in [9.17, 15) is 14.9 Å². The van der Waals surface area contributed by atoms with Crippen LogP contribution in [0.4, 0.5) is 5.69 Å². The molecule has 126 valence electrons. The van der Waals surface area contributed by atoms with E-state index in [2.05, 4.69) is 17.3 Å². The maximum atomic E-state index is 12.5. The second kappa shape index (κ2) is 5.94. The number of hydrogen-bond acceptors (Lipinski definition) is 4. The number of aryl methyl sites for hydroxylation is 1. The van der Waals surface area contributed by atoms with Gasteiger partial charge in [0.2, 0.25) is 5.91 Å². The maximum Gasteiger partial charge on any atom is 0.309 e. The second-order valence-corrected chi connectivity index (χ2v) is 7.15. The molecule has 1 aromatic rings. The first kappa shape index (κ1) is 16.0. The van der Waals surface area contributed by atoms with E-state index in [0.717, 1.165) is 11.8 Å². The van der Waals surface area contributed by atoms with E-state index in [1.165, 1.54) is 36.6 Å². The van der Waals surface area contributed by atoms with Gasteiger partial charge in [-0.15, -0.1) is 0 Å². The molecule has 2 aliphatic carbocycles. The molecule has 0 radical (unpaired) electrons. The summed E-state index contributed by atoms with van der Waals surface area (Å²) in [5, 5.41) is 18.1. The lowest BCUT2D eigenvalue weighted by atomic mass is 9.84. The van der Waals surface area contributed by atoms with E-state index in [-0.39, 0.29) is 17.6 Å². The Labute approximate surface area is 135 Å². The van der Waals surface area contributed by atoms with Crippen molar-refractivity contribution in [2.24, 2.45) is 17.8 Å². The highest BCUT2D eigenvalue weighted by atomic mass is 16.6. The van der Waals surface area contributed by atoms with Gasteiger partial charge in [-0.25, -0.2) is 0 Å². The second-order valence-electron chi connectivity index (χ2n) is 7.15. The Hall–Kier alpha value is -1.92. The Morgan fingerprint density at radius 3 is 2.70 bits per heavy atom. The first-order valence-corrected chi connectivity index (χ1v) is 8.37. The van der Waals surface area contributed by atoms with Crippen LogP contribution >= 0.6 is 0 Å². The number of nitro groups is 1. The zero-order valence-electron chi connectivity index (χ0n) is 13.9. The van der Waals surface area contributed by atoms with Crippen molar-refractivity contribution in [3.8, 4) is 0 Å². The van der Waals surface area contributed by atoms with Crippen molar-refractivity contribution < 1.29 is 9.72 Å². The predicted molar refractivity (Wildman–Crippen MR) is 84.9 cm³/mol. The Morgan fingerprint density at radius 2 is 2.17 bits per heavy atom. The van der Waals surface area contributed by atoms with Crippen molar-refractivity contribution in [3.63, 3.8) is 0 Å². The van der Waals surface area contributed by atoms with Crippen LogP contribution in [0.3, 0.4) is 0 Å². The van der Waals surface area contributed by atoms with Gasteiger partial charge in [0.25, 0.3) is 0 Å². The minimum absolute atomic E-state index is 0.0502. The lowest BCUT2D eigenvalue weighted by Gasteiger charge is -2.29. The maximum absolute atomic E-state index is 12.5. The van der Waals surface area contributed by atoms with Gasteiger partial charge in [0.15, 0.2) is 0 Å². The van der Waals surface area contributed by atoms with E-state index in [1.54, 1.807) is 13.8 Å². The molecule has 1 amide bonds. The molecule has 0 unspecified atom stereocenters. The predicted octanol–water partition coefficient (Wildman–Crippen LogP) is 2.60. The lowest BCUT2D eigenvalue weighted by Crippen LogP contribution is -2.43. The lowest BCUT2D eigenvalue weighted by molar-refractivity contribution is -0.385. The molecule has 7 heteroatoms. The molecule has 2 fully saturated rings. The van der Waals surface area contributed by atoms with Crippen molar-refractivity contribution >= 4 is 11.6 Å². The largest absolute Gasteiger partial charge is 0.352 e. The molecule has 7 nitrogen and oxygen atoms in total. The first-order valence-electron chi connectivity index (χ1n) is 8.37. The minimum Gasteiger partial charge on any atom is -0.352 e. The van der Waals surface area contributed by atoms with Crippen LogP contribution in [0.2, 0.25) is 0 Å². The summed E-state index contributed by atoms with van der Waals surface area (Å²) >= 11 is 0. The number of aromatic nitrogens is 2. The summed E-state index contributed by atoms with van der Waals surface area (Å²) in [7, 11) is 0. The highest BCUT2D eigenvalue weighted by Gasteiger charge is 2.42. The molecule has 0 spiro atoms. The van der Waals surface area contributed by atoms with E-state index in [1.807, 2.05) is 0 Å². The van der Waals surface area contributed by atoms with Gasteiger partial charge in [-0.2, -0.15) is 5.10 Å². The number of amides is 1. The third-order valence-electron chi connectivity index (χ3n) is 5.67. The molecule has 5 atom stereocenters. The standard InChI is InChI=1S/C16H24N4O3/c1-9(14-7-12-4-5-13(14)6-12)17-16(21)11(3)19-8-15(20(22)23)10(2)18-19/h8-9,11-14H,4-7H2,1-3H3,(H,17,21)/t9-,11+,12-,13-,14-/m0/s1. The molecule has 2 aliphatic rings. The van der Waals surface area contributed by atoms with Gasteiger partial charge in [-0.3, -0.25) is 19.6 Å². The first-order chi connectivity index (χ1) is 10.9. The smallest absolute Gasteiger partial charge is 0.309 e. The molecule has 2 bridgehead atoms. The summed E-state index contributed by atoms with van der Waals surface area (Å²) < 4.78 is 1.39. The van der Waals surface area contributed by atoms with Crippen LogP contribution in [0.25, 0.3) is 0 Å². The third-order valence-corrected chi connectivity index (χ3v) is 5.67. The normalized spacial score (nSPS) is 28.6. The van der Waals surface area contributed by atoms with E-state index in [0.29, 0.717) is 11.6 Å². The van der Waals surface area contributed by atoms with Crippen molar-refractivity contribution in [3.05, 3.63) is 22.0 Å². The van der Waals surface area contributed by atoms with Gasteiger partial charge in [0, 0.05) is 6.04 Å². The SMILES string of the molecule is Cc1nn([C@H](C)C(=O)N[C@@H](C)[C@@H]2C[C@H]3CC[C@H]2C3)cc1[N+](=O)[O-]. The zero-order chi connectivity index (χ0) is 16.7. The Bertz CT molecular complexity index is 627. The van der Waals surface area contributed by atoms with E-state index < -0.39 is 11.0 Å². The van der Waals surface area contributed by atoms with Crippen molar-refractivity contribution in [2.45, 2.75) is 58.5 Å². The molecule has 1 N–H and O–H groups in total. The number of nitrogens with zero attached hydrogens (tertiary/aromatic N) is 3. The quantitative estimate of drug-likeness (QED) is 0.667. The van der Waals surface area contributed by atoms with Crippen molar-refractivity contribution in [1.29, 1.82) is 0 Å². The number of carbonyl (C=O) groups excluding carboxylic acids is 1. The fourth-order valence-corrected chi connectivity index (χ4v) is 4.33. The van der Waals surface area contributed by atoms with Crippen LogP contribution in [0, 0.1) is 34.8 Å². The summed E-state index contributed by atoms with van der Waals surface area (Å²) in [6, 6.07) is -0.407. The molecule has 0 saturated heterocycles. The highest BCUT2D eigenvalue weighted by molar-refractivity contribution is 5.80. The van der Waals surface area contributed by atoms with E-state index >= 15 is 0 Å². The average Bonchev–Trinajstić information content (AvgIpc) is 3.20. The number of rotatable bonds is 5. The fraction of sp³-hybridized carbons (Fsp3) is 0.750. The summed E-state index contributed by atoms with van der Waals surface area (Å²) in [6.07, 6.45) is 6.49. The van der Waals surface area contributed by atoms with Crippen LogP contribution < -0.4 is 5.32 Å². The summed E-state index contributed by atoms with van der Waals surface area (Å²) in [5.74, 6) is 2.04. The van der Waals surface area contributed by atoms with Crippen LogP contribution in [-0.4, -0.2) is 26.7 Å². The molecule has 0 aliphatic heterocycles. The summed E-state index contributed by atoms with van der Waals surface area (Å²) in [6.45, 7) is 5.38. The number of carbonyl (C=O) groups is 1. The monoisotopic (exact) mass is 320 g/mol. The van der Waals surface area contributed by atoms with Gasteiger partial charge >= 0.3 is 5.69 Å². The van der Waals surface area contributed by atoms with Crippen LogP contribution in [0.5, 0.6) is 0 Å². The molecule has 3 rings (SSSR count). The van der Waals surface area contributed by atoms with Gasteiger partial charge < -0.3 is 5.32 Å². The fourth-order valence-electron chi connectivity index (χ4n) is 4.33. The molecule has 0 aromatic carbocycles. The Balaban J connectivity index is 1.63. The Morgan fingerprint density at radius 1 is 1.43 bits per heavy atom. The number of hydrogen-bond donors (Lipinski definition) is 1. The van der Waals surface area contributed by atoms with E-state index in [4.69, 9.17) is 0 Å². The molecule has 2 saturated carbocycles. The van der Waals surface area contributed by atoms with Gasteiger partial charge in [-0.05, 0) is 57.8 Å². The Kier molecular flexibility index (Phi) is 4.12. The summed E-state index contributed by atoms with van der Waals surface area (Å²) in [5.41, 5.74) is 0.279. The number of nitrogens with one attached hydrogen (secondary N) is 1. The topological polar surface area (TPSA) is 90.1 Å². The van der Waals surface area contributed by atoms with Crippen molar-refractivity contribution in [1.82, 2.24) is 15.1 Å². The average molecular weight is 320 g/mol. The molecular formula is C16H24N4O3. The van der Waals surface area contributed by atoms with Crippen LogP contribution in [-0.2, 0) is 4.79 Å². The van der Waals surface area contributed by atoms with Gasteiger partial charge in [0.05, 0.1) is 4.92 Å². The van der Waals surface area contributed by atoms with Crippen LogP contribution in [0.1, 0.15) is 51.3 Å². The highest BCUT2D eigenvalue weighted by Crippen LogP contribution is 2.49. The van der Waals surface area contributed by atoms with Crippen LogP contribution in [0.15, 0.2) is 6.20 Å². The van der Waals surface area contributed by atoms with Gasteiger partial charge in [-0.1, -0.05) is 6.42 Å². The van der Waals surface area contributed by atoms with Gasteiger partial charge in [0.1, 0.15) is 17.9 Å².